The average molecular weight is 387 g/mol. The molecule has 0 aliphatic carbocycles. The lowest BCUT2D eigenvalue weighted by molar-refractivity contribution is -0.113. The van der Waals surface area contributed by atoms with E-state index in [2.05, 4.69) is 10.3 Å². The van der Waals surface area contributed by atoms with E-state index in [1.54, 1.807) is 18.7 Å². The van der Waals surface area contributed by atoms with Crippen LogP contribution in [0.5, 0.6) is 0 Å². The van der Waals surface area contributed by atoms with Gasteiger partial charge in [0.1, 0.15) is 0 Å². The summed E-state index contributed by atoms with van der Waals surface area (Å²) in [6, 6.07) is 5.75. The third kappa shape index (κ3) is 3.30. The van der Waals surface area contributed by atoms with Crippen LogP contribution in [0.3, 0.4) is 0 Å². The number of hydrogen-bond acceptors (Lipinski definition) is 5. The van der Waals surface area contributed by atoms with Crippen LogP contribution in [0.2, 0.25) is 0 Å². The summed E-state index contributed by atoms with van der Waals surface area (Å²) in [7, 11) is 4.70. The number of benzene rings is 1. The second-order valence-corrected chi connectivity index (χ2v) is 7.36. The summed E-state index contributed by atoms with van der Waals surface area (Å²) in [6.45, 7) is 3.95. The fourth-order valence-corrected chi connectivity index (χ4v) is 3.60. The van der Waals surface area contributed by atoms with E-state index in [1.165, 1.54) is 23.4 Å². The highest BCUT2D eigenvalue weighted by Crippen LogP contribution is 2.22. The number of nitrogens with zero attached hydrogens (tertiary/aromatic N) is 4. The number of rotatable bonds is 4. The number of thioether (sulfide) groups is 1. The molecule has 3 aromatic rings. The Morgan fingerprint density at radius 1 is 1.11 bits per heavy atom. The first-order valence-electron chi connectivity index (χ1n) is 8.33. The van der Waals surface area contributed by atoms with E-state index in [0.717, 1.165) is 21.4 Å². The fraction of sp³-hybridized carbons (Fsp3) is 0.333. The first-order valence-corrected chi connectivity index (χ1v) is 9.32. The number of aryl methyl sites for hydroxylation is 3. The Morgan fingerprint density at radius 3 is 2.52 bits per heavy atom. The predicted molar refractivity (Wildman–Crippen MR) is 106 cm³/mol. The van der Waals surface area contributed by atoms with Gasteiger partial charge in [-0.1, -0.05) is 23.9 Å². The molecule has 142 valence electrons. The zero-order valence-electron chi connectivity index (χ0n) is 15.9. The molecule has 0 radical (unpaired) electrons. The molecule has 0 spiro atoms. The third-order valence-electron chi connectivity index (χ3n) is 4.65. The molecule has 0 saturated carbocycles. The first kappa shape index (κ1) is 19.0. The van der Waals surface area contributed by atoms with Crippen LogP contribution in [0.1, 0.15) is 11.1 Å². The van der Waals surface area contributed by atoms with Crippen molar-refractivity contribution in [3.8, 4) is 0 Å². The number of aromatic nitrogens is 4. The second-order valence-electron chi connectivity index (χ2n) is 6.42. The van der Waals surface area contributed by atoms with E-state index in [0.29, 0.717) is 16.3 Å². The maximum atomic E-state index is 12.4. The number of nitrogens with one attached hydrogen (secondary N) is 1. The highest BCUT2D eigenvalue weighted by molar-refractivity contribution is 7.99. The summed E-state index contributed by atoms with van der Waals surface area (Å²) in [4.78, 5) is 41.2. The number of carbonyl (C=O) groups excluding carboxylic acids is 1. The minimum absolute atomic E-state index is 0.138. The second kappa shape index (κ2) is 7.07. The lowest BCUT2D eigenvalue weighted by Crippen LogP contribution is -2.37. The van der Waals surface area contributed by atoms with Crippen molar-refractivity contribution in [1.82, 2.24) is 18.7 Å². The minimum Gasteiger partial charge on any atom is -0.325 e. The minimum atomic E-state index is -0.435. The number of hydrogen-bond donors (Lipinski definition) is 1. The largest absolute Gasteiger partial charge is 0.332 e. The van der Waals surface area contributed by atoms with Crippen LogP contribution in [0.15, 0.2) is 32.9 Å². The average Bonchev–Trinajstić information content (AvgIpc) is 2.97. The Bertz CT molecular complexity index is 1170. The van der Waals surface area contributed by atoms with E-state index in [9.17, 15) is 14.4 Å². The zero-order valence-corrected chi connectivity index (χ0v) is 16.7. The van der Waals surface area contributed by atoms with Crippen LogP contribution in [0.4, 0.5) is 5.69 Å². The molecule has 2 aromatic heterocycles. The highest BCUT2D eigenvalue weighted by atomic mass is 32.2. The molecule has 27 heavy (non-hydrogen) atoms. The van der Waals surface area contributed by atoms with Crippen LogP contribution in [0, 0.1) is 13.8 Å². The molecule has 0 aliphatic rings. The van der Waals surface area contributed by atoms with Crippen LogP contribution in [-0.2, 0) is 25.9 Å². The van der Waals surface area contributed by atoms with Crippen LogP contribution in [0.25, 0.3) is 11.2 Å². The Balaban J connectivity index is 1.84. The summed E-state index contributed by atoms with van der Waals surface area (Å²) in [6.07, 6.45) is 0. The van der Waals surface area contributed by atoms with Gasteiger partial charge in [0.25, 0.3) is 5.56 Å². The molecule has 1 N–H and O–H groups in total. The lowest BCUT2D eigenvalue weighted by Gasteiger charge is -2.10. The van der Waals surface area contributed by atoms with E-state index in [4.69, 9.17) is 0 Å². The van der Waals surface area contributed by atoms with Gasteiger partial charge >= 0.3 is 5.69 Å². The van der Waals surface area contributed by atoms with Gasteiger partial charge in [-0.25, -0.2) is 9.78 Å². The standard InChI is InChI=1S/C18H21N5O3S/c1-10-7-6-8-12(11(10)2)19-13(24)9-27-17-20-15-14(21(17)3)16(25)23(5)18(26)22(15)4/h6-8H,9H2,1-5H3,(H,19,24). The van der Waals surface area contributed by atoms with Gasteiger partial charge in [0.15, 0.2) is 16.3 Å². The van der Waals surface area contributed by atoms with E-state index >= 15 is 0 Å². The molecule has 1 amide bonds. The van der Waals surface area contributed by atoms with Crippen molar-refractivity contribution < 1.29 is 4.79 Å². The maximum absolute atomic E-state index is 12.4. The Morgan fingerprint density at radius 2 is 1.81 bits per heavy atom. The molecule has 1 aromatic carbocycles. The summed E-state index contributed by atoms with van der Waals surface area (Å²) in [5, 5.41) is 3.40. The molecule has 3 rings (SSSR count). The van der Waals surface area contributed by atoms with Gasteiger partial charge in [0, 0.05) is 26.8 Å². The Hall–Kier alpha value is -2.81. The molecule has 2 heterocycles. The van der Waals surface area contributed by atoms with Gasteiger partial charge in [-0.3, -0.25) is 18.7 Å². The van der Waals surface area contributed by atoms with Crippen LogP contribution < -0.4 is 16.6 Å². The van der Waals surface area contributed by atoms with Gasteiger partial charge in [-0.15, -0.1) is 0 Å². The molecule has 0 saturated heterocycles. The predicted octanol–water partition coefficient (Wildman–Crippen LogP) is 1.32. The van der Waals surface area contributed by atoms with E-state index in [-0.39, 0.29) is 11.7 Å². The van der Waals surface area contributed by atoms with Crippen molar-refractivity contribution in [2.75, 3.05) is 11.1 Å². The maximum Gasteiger partial charge on any atom is 0.332 e. The summed E-state index contributed by atoms with van der Waals surface area (Å²) in [5.74, 6) is -0.0266. The lowest BCUT2D eigenvalue weighted by atomic mass is 10.1. The molecule has 8 nitrogen and oxygen atoms in total. The van der Waals surface area contributed by atoms with Crippen molar-refractivity contribution >= 4 is 34.5 Å². The molecule has 0 aliphatic heterocycles. The molecular weight excluding hydrogens is 366 g/mol. The number of carbonyl (C=O) groups is 1. The quantitative estimate of drug-likeness (QED) is 0.682. The number of anilines is 1. The molecular formula is C18H21N5O3S. The summed E-state index contributed by atoms with van der Waals surface area (Å²) >= 11 is 1.22. The SMILES string of the molecule is Cc1cccc(NC(=O)CSc2nc3c(c(=O)n(C)c(=O)n3C)n2C)c1C. The normalized spacial score (nSPS) is 11.1. The van der Waals surface area contributed by atoms with Gasteiger partial charge < -0.3 is 9.88 Å². The number of fused-ring (bicyclic) bond motifs is 1. The summed E-state index contributed by atoms with van der Waals surface area (Å²) in [5.41, 5.74) is 2.70. The zero-order chi connectivity index (χ0) is 19.9. The fourth-order valence-electron chi connectivity index (χ4n) is 2.83. The van der Waals surface area contributed by atoms with Gasteiger partial charge in [-0.05, 0) is 31.0 Å². The van der Waals surface area contributed by atoms with Crippen molar-refractivity contribution in [3.63, 3.8) is 0 Å². The van der Waals surface area contributed by atoms with Crippen molar-refractivity contribution in [2.45, 2.75) is 19.0 Å². The topological polar surface area (TPSA) is 90.9 Å². The number of imidazole rings is 1. The molecule has 0 unspecified atom stereocenters. The third-order valence-corrected chi connectivity index (χ3v) is 5.68. The van der Waals surface area contributed by atoms with Crippen molar-refractivity contribution in [1.29, 1.82) is 0 Å². The van der Waals surface area contributed by atoms with E-state index in [1.807, 2.05) is 32.0 Å². The van der Waals surface area contributed by atoms with Crippen LogP contribution >= 0.6 is 11.8 Å². The molecule has 0 bridgehead atoms. The smallest absolute Gasteiger partial charge is 0.325 e. The Kier molecular flexibility index (Phi) is 4.97. The van der Waals surface area contributed by atoms with E-state index < -0.39 is 11.2 Å². The summed E-state index contributed by atoms with van der Waals surface area (Å²) < 4.78 is 4.00. The number of amides is 1. The van der Waals surface area contributed by atoms with Crippen molar-refractivity contribution in [3.05, 3.63) is 50.2 Å². The Labute approximate surface area is 159 Å². The van der Waals surface area contributed by atoms with Crippen molar-refractivity contribution in [2.24, 2.45) is 21.1 Å². The van der Waals surface area contributed by atoms with Gasteiger partial charge in [0.2, 0.25) is 5.91 Å². The molecule has 9 heteroatoms. The molecule has 0 atom stereocenters. The van der Waals surface area contributed by atoms with Gasteiger partial charge in [-0.2, -0.15) is 0 Å². The monoisotopic (exact) mass is 387 g/mol. The first-order chi connectivity index (χ1) is 12.7. The van der Waals surface area contributed by atoms with Gasteiger partial charge in [0.05, 0.1) is 5.75 Å². The van der Waals surface area contributed by atoms with Crippen LogP contribution in [-0.4, -0.2) is 30.3 Å². The molecule has 0 fully saturated rings. The highest BCUT2D eigenvalue weighted by Gasteiger charge is 2.18.